The Kier molecular flexibility index (Phi) is 4.07. The van der Waals surface area contributed by atoms with Gasteiger partial charge in [0.2, 0.25) is 5.88 Å². The lowest BCUT2D eigenvalue weighted by Crippen LogP contribution is -2.24. The molecule has 1 fully saturated rings. The fourth-order valence-electron chi connectivity index (χ4n) is 2.18. The van der Waals surface area contributed by atoms with E-state index >= 15 is 0 Å². The lowest BCUT2D eigenvalue weighted by molar-refractivity contribution is 0.0681. The standard InChI is InChI=1S/C13H16ClNO3/c1-8-2-4-10(5-3-8)18-12-11(13(16)17)6-9(14)7-15-12/h6-8,10H,2-5H2,1H3,(H,16,17). The molecule has 1 aliphatic rings. The first kappa shape index (κ1) is 13.1. The van der Waals surface area contributed by atoms with Gasteiger partial charge >= 0.3 is 5.97 Å². The average Bonchev–Trinajstić information content (AvgIpc) is 2.34. The van der Waals surface area contributed by atoms with E-state index in [1.54, 1.807) is 0 Å². The summed E-state index contributed by atoms with van der Waals surface area (Å²) in [5, 5.41) is 9.39. The van der Waals surface area contributed by atoms with Gasteiger partial charge in [0, 0.05) is 6.20 Å². The van der Waals surface area contributed by atoms with Crippen LogP contribution in [0.15, 0.2) is 12.3 Å². The number of aromatic nitrogens is 1. The van der Waals surface area contributed by atoms with Crippen LogP contribution < -0.4 is 4.74 Å². The molecule has 0 bridgehead atoms. The van der Waals surface area contributed by atoms with Crippen LogP contribution in [-0.2, 0) is 0 Å². The van der Waals surface area contributed by atoms with Crippen LogP contribution in [0.25, 0.3) is 0 Å². The van der Waals surface area contributed by atoms with Crippen molar-refractivity contribution < 1.29 is 14.6 Å². The van der Waals surface area contributed by atoms with E-state index in [0.29, 0.717) is 5.02 Å². The molecule has 1 saturated carbocycles. The van der Waals surface area contributed by atoms with Gasteiger partial charge in [-0.2, -0.15) is 0 Å². The van der Waals surface area contributed by atoms with Gasteiger partial charge in [-0.05, 0) is 37.7 Å². The lowest BCUT2D eigenvalue weighted by Gasteiger charge is -2.26. The van der Waals surface area contributed by atoms with Crippen LogP contribution in [0, 0.1) is 5.92 Å². The van der Waals surface area contributed by atoms with Gasteiger partial charge in [-0.3, -0.25) is 0 Å². The van der Waals surface area contributed by atoms with Crippen molar-refractivity contribution in [2.24, 2.45) is 5.92 Å². The number of carboxylic acids is 1. The third kappa shape index (κ3) is 3.13. The maximum Gasteiger partial charge on any atom is 0.341 e. The van der Waals surface area contributed by atoms with Crippen LogP contribution in [0.4, 0.5) is 0 Å². The number of rotatable bonds is 3. The van der Waals surface area contributed by atoms with Gasteiger partial charge in [0.05, 0.1) is 5.02 Å². The van der Waals surface area contributed by atoms with Crippen LogP contribution in [0.5, 0.6) is 5.88 Å². The molecule has 0 spiro atoms. The van der Waals surface area contributed by atoms with Crippen molar-refractivity contribution in [1.29, 1.82) is 0 Å². The number of pyridine rings is 1. The predicted molar refractivity (Wildman–Crippen MR) is 68.3 cm³/mol. The van der Waals surface area contributed by atoms with Gasteiger partial charge in [-0.1, -0.05) is 18.5 Å². The van der Waals surface area contributed by atoms with E-state index < -0.39 is 5.97 Å². The molecule has 0 atom stereocenters. The van der Waals surface area contributed by atoms with Gasteiger partial charge < -0.3 is 9.84 Å². The molecule has 2 rings (SSSR count). The van der Waals surface area contributed by atoms with E-state index in [1.807, 2.05) is 0 Å². The molecule has 1 heterocycles. The summed E-state index contributed by atoms with van der Waals surface area (Å²) in [5.41, 5.74) is 0.0288. The number of aromatic carboxylic acids is 1. The van der Waals surface area contributed by atoms with Gasteiger partial charge in [0.1, 0.15) is 11.7 Å². The second-order valence-electron chi connectivity index (χ2n) is 4.81. The molecule has 0 aromatic carbocycles. The summed E-state index contributed by atoms with van der Waals surface area (Å²) in [4.78, 5) is 15.1. The number of carbonyl (C=O) groups is 1. The fraction of sp³-hybridized carbons (Fsp3) is 0.538. The van der Waals surface area contributed by atoms with Crippen molar-refractivity contribution in [3.8, 4) is 5.88 Å². The minimum atomic E-state index is -1.07. The van der Waals surface area contributed by atoms with Crippen molar-refractivity contribution in [1.82, 2.24) is 4.98 Å². The van der Waals surface area contributed by atoms with Gasteiger partial charge in [-0.25, -0.2) is 9.78 Å². The molecular weight excluding hydrogens is 254 g/mol. The Labute approximate surface area is 111 Å². The zero-order valence-corrected chi connectivity index (χ0v) is 11.0. The van der Waals surface area contributed by atoms with E-state index in [1.165, 1.54) is 12.3 Å². The zero-order valence-electron chi connectivity index (χ0n) is 10.2. The molecule has 0 unspecified atom stereocenters. The Morgan fingerprint density at radius 1 is 1.44 bits per heavy atom. The summed E-state index contributed by atoms with van der Waals surface area (Å²) in [6.07, 6.45) is 5.60. The van der Waals surface area contributed by atoms with E-state index in [-0.39, 0.29) is 17.5 Å². The topological polar surface area (TPSA) is 59.4 Å². The normalized spacial score (nSPS) is 23.7. The van der Waals surface area contributed by atoms with Crippen LogP contribution >= 0.6 is 11.6 Å². The first-order chi connectivity index (χ1) is 8.56. The van der Waals surface area contributed by atoms with Crippen molar-refractivity contribution in [2.45, 2.75) is 38.7 Å². The highest BCUT2D eigenvalue weighted by Crippen LogP contribution is 2.28. The molecule has 0 saturated heterocycles. The Balaban J connectivity index is 2.11. The largest absolute Gasteiger partial charge is 0.477 e. The van der Waals surface area contributed by atoms with E-state index in [0.717, 1.165) is 31.6 Å². The highest BCUT2D eigenvalue weighted by Gasteiger charge is 2.22. The molecule has 0 aliphatic heterocycles. The summed E-state index contributed by atoms with van der Waals surface area (Å²) in [6, 6.07) is 1.37. The second kappa shape index (κ2) is 5.57. The van der Waals surface area contributed by atoms with E-state index in [9.17, 15) is 4.79 Å². The van der Waals surface area contributed by atoms with Crippen molar-refractivity contribution in [2.75, 3.05) is 0 Å². The molecule has 0 radical (unpaired) electrons. The highest BCUT2D eigenvalue weighted by molar-refractivity contribution is 6.30. The highest BCUT2D eigenvalue weighted by atomic mass is 35.5. The number of nitrogens with zero attached hydrogens (tertiary/aromatic N) is 1. The summed E-state index contributed by atoms with van der Waals surface area (Å²) >= 11 is 5.74. The Morgan fingerprint density at radius 3 is 2.72 bits per heavy atom. The van der Waals surface area contributed by atoms with Crippen molar-refractivity contribution in [3.63, 3.8) is 0 Å². The number of ether oxygens (including phenoxy) is 1. The zero-order chi connectivity index (χ0) is 13.1. The first-order valence-electron chi connectivity index (χ1n) is 6.11. The molecule has 1 aromatic heterocycles. The van der Waals surface area contributed by atoms with Gasteiger partial charge in [0.25, 0.3) is 0 Å². The summed E-state index contributed by atoms with van der Waals surface area (Å²) in [5.74, 6) is -0.169. The van der Waals surface area contributed by atoms with E-state index in [2.05, 4.69) is 11.9 Å². The van der Waals surface area contributed by atoms with Gasteiger partial charge in [-0.15, -0.1) is 0 Å². The Morgan fingerprint density at radius 2 is 2.11 bits per heavy atom. The smallest absolute Gasteiger partial charge is 0.341 e. The molecule has 4 nitrogen and oxygen atoms in total. The Hall–Kier alpha value is -1.29. The van der Waals surface area contributed by atoms with E-state index in [4.69, 9.17) is 21.4 Å². The van der Waals surface area contributed by atoms with Gasteiger partial charge in [0.15, 0.2) is 0 Å². The van der Waals surface area contributed by atoms with Crippen LogP contribution in [-0.4, -0.2) is 22.2 Å². The van der Waals surface area contributed by atoms with Crippen LogP contribution in [0.3, 0.4) is 0 Å². The molecule has 1 aliphatic carbocycles. The van der Waals surface area contributed by atoms with Crippen molar-refractivity contribution in [3.05, 3.63) is 22.8 Å². The lowest BCUT2D eigenvalue weighted by atomic mass is 9.89. The molecule has 1 aromatic rings. The van der Waals surface area contributed by atoms with Crippen molar-refractivity contribution >= 4 is 17.6 Å². The summed E-state index contributed by atoms with van der Waals surface area (Å²) in [7, 11) is 0. The number of carboxylic acid groups (broad SMARTS) is 1. The quantitative estimate of drug-likeness (QED) is 0.914. The first-order valence-corrected chi connectivity index (χ1v) is 6.49. The fourth-order valence-corrected chi connectivity index (χ4v) is 2.34. The third-order valence-corrected chi connectivity index (χ3v) is 3.50. The molecule has 98 valence electrons. The predicted octanol–water partition coefficient (Wildman–Crippen LogP) is 3.39. The minimum absolute atomic E-state index is 0.0288. The molecule has 5 heteroatoms. The molecule has 1 N–H and O–H groups in total. The summed E-state index contributed by atoms with van der Waals surface area (Å²) < 4.78 is 5.70. The maximum atomic E-state index is 11.1. The number of hydrogen-bond donors (Lipinski definition) is 1. The average molecular weight is 270 g/mol. The monoisotopic (exact) mass is 269 g/mol. The van der Waals surface area contributed by atoms with Crippen LogP contribution in [0.1, 0.15) is 43.0 Å². The second-order valence-corrected chi connectivity index (χ2v) is 5.25. The third-order valence-electron chi connectivity index (χ3n) is 3.29. The van der Waals surface area contributed by atoms with Crippen LogP contribution in [0.2, 0.25) is 5.02 Å². The number of hydrogen-bond acceptors (Lipinski definition) is 3. The Bertz CT molecular complexity index is 442. The molecule has 0 amide bonds. The SMILES string of the molecule is CC1CCC(Oc2ncc(Cl)cc2C(=O)O)CC1. The molecular formula is C13H16ClNO3. The minimum Gasteiger partial charge on any atom is -0.477 e. The maximum absolute atomic E-state index is 11.1. The number of halogens is 1. The summed E-state index contributed by atoms with van der Waals surface area (Å²) in [6.45, 7) is 2.22. The molecule has 18 heavy (non-hydrogen) atoms.